The standard InChI is InChI=1S/C22H33NO2/c1-13(2)25-18-12-14(3)20-15-6-7-17-21(4,11-9-19(24)23-17)16(15)8-10-22(18,20)5/h7,14-16,18,20H,1,6,8-12H2,2-5H3,(H,23,24)/t14-,15-,16+,18?,20+,21-,22-/m1/s1. The van der Waals surface area contributed by atoms with Crippen molar-refractivity contribution in [1.29, 1.82) is 0 Å². The third-order valence-electron chi connectivity index (χ3n) is 8.18. The lowest BCUT2D eigenvalue weighted by Gasteiger charge is -2.57. The highest BCUT2D eigenvalue weighted by Gasteiger charge is 2.61. The van der Waals surface area contributed by atoms with Gasteiger partial charge in [-0.3, -0.25) is 4.79 Å². The third-order valence-corrected chi connectivity index (χ3v) is 8.18. The van der Waals surface area contributed by atoms with Crippen LogP contribution in [0.5, 0.6) is 0 Å². The molecule has 3 aliphatic carbocycles. The van der Waals surface area contributed by atoms with Gasteiger partial charge >= 0.3 is 0 Å². The van der Waals surface area contributed by atoms with Crippen molar-refractivity contribution in [3.8, 4) is 0 Å². The number of ether oxygens (including phenoxy) is 1. The fourth-order valence-electron chi connectivity index (χ4n) is 7.10. The van der Waals surface area contributed by atoms with Crippen molar-refractivity contribution < 1.29 is 9.53 Å². The van der Waals surface area contributed by atoms with E-state index >= 15 is 0 Å². The molecule has 1 unspecified atom stereocenters. The van der Waals surface area contributed by atoms with Gasteiger partial charge in [-0.15, -0.1) is 0 Å². The molecule has 3 nitrogen and oxygen atoms in total. The second kappa shape index (κ2) is 5.62. The Hall–Kier alpha value is -1.25. The number of allylic oxidation sites excluding steroid dienone is 3. The van der Waals surface area contributed by atoms with Gasteiger partial charge in [0.2, 0.25) is 5.91 Å². The Labute approximate surface area is 152 Å². The van der Waals surface area contributed by atoms with Crippen LogP contribution in [0.3, 0.4) is 0 Å². The second-order valence-electron chi connectivity index (χ2n) is 9.68. The van der Waals surface area contributed by atoms with Gasteiger partial charge in [0.1, 0.15) is 6.10 Å². The SMILES string of the molecule is C=C(C)OC1C[C@@H](C)[C@H]2[C@@H]3CC=C4NC(=O)CC[C@]4(C)[C@H]3CC[C@]12C. The summed E-state index contributed by atoms with van der Waals surface area (Å²) in [5.41, 5.74) is 1.64. The van der Waals surface area contributed by atoms with Gasteiger partial charge in [0.05, 0.1) is 5.76 Å². The van der Waals surface area contributed by atoms with Crippen molar-refractivity contribution in [2.45, 2.75) is 72.3 Å². The molecule has 138 valence electrons. The fraction of sp³-hybridized carbons (Fsp3) is 0.773. The quantitative estimate of drug-likeness (QED) is 0.732. The van der Waals surface area contributed by atoms with Crippen LogP contribution in [-0.2, 0) is 9.53 Å². The lowest BCUT2D eigenvalue weighted by molar-refractivity contribution is -0.126. The largest absolute Gasteiger partial charge is 0.495 e. The Morgan fingerprint density at radius 2 is 2.12 bits per heavy atom. The van der Waals surface area contributed by atoms with Crippen molar-refractivity contribution in [2.75, 3.05) is 0 Å². The molecule has 0 bridgehead atoms. The molecule has 4 rings (SSSR count). The van der Waals surface area contributed by atoms with Crippen LogP contribution in [-0.4, -0.2) is 12.0 Å². The van der Waals surface area contributed by atoms with Crippen LogP contribution in [0.4, 0.5) is 0 Å². The summed E-state index contributed by atoms with van der Waals surface area (Å²) in [5, 5.41) is 3.19. The van der Waals surface area contributed by atoms with Crippen LogP contribution in [0.2, 0.25) is 0 Å². The van der Waals surface area contributed by atoms with E-state index in [2.05, 4.69) is 38.7 Å². The van der Waals surface area contributed by atoms with E-state index in [0.29, 0.717) is 30.3 Å². The maximum atomic E-state index is 11.9. The van der Waals surface area contributed by atoms with Crippen LogP contribution in [0.25, 0.3) is 0 Å². The number of rotatable bonds is 2. The number of hydrogen-bond acceptors (Lipinski definition) is 2. The number of carbonyl (C=O) groups excluding carboxylic acids is 1. The van der Waals surface area contributed by atoms with Gasteiger partial charge in [-0.25, -0.2) is 0 Å². The van der Waals surface area contributed by atoms with E-state index in [0.717, 1.165) is 30.9 Å². The van der Waals surface area contributed by atoms with Gasteiger partial charge in [-0.1, -0.05) is 33.4 Å². The molecule has 3 heteroatoms. The smallest absolute Gasteiger partial charge is 0.224 e. The number of piperidine rings is 1. The highest BCUT2D eigenvalue weighted by molar-refractivity contribution is 5.79. The van der Waals surface area contributed by atoms with Crippen molar-refractivity contribution in [1.82, 2.24) is 5.32 Å². The zero-order chi connectivity index (χ0) is 18.0. The minimum Gasteiger partial charge on any atom is -0.495 e. The molecule has 0 aromatic heterocycles. The number of amides is 1. The monoisotopic (exact) mass is 343 g/mol. The number of carbonyl (C=O) groups is 1. The average molecular weight is 344 g/mol. The molecule has 1 N–H and O–H groups in total. The van der Waals surface area contributed by atoms with Crippen LogP contribution < -0.4 is 5.32 Å². The molecule has 0 aromatic carbocycles. The second-order valence-corrected chi connectivity index (χ2v) is 9.68. The summed E-state index contributed by atoms with van der Waals surface area (Å²) in [6, 6.07) is 0. The third kappa shape index (κ3) is 2.41. The summed E-state index contributed by atoms with van der Waals surface area (Å²) in [4.78, 5) is 11.9. The molecule has 1 heterocycles. The predicted octanol–water partition coefficient (Wildman–Crippen LogP) is 4.80. The van der Waals surface area contributed by atoms with E-state index in [9.17, 15) is 4.79 Å². The Morgan fingerprint density at radius 3 is 2.84 bits per heavy atom. The van der Waals surface area contributed by atoms with Crippen LogP contribution >= 0.6 is 0 Å². The molecule has 0 aromatic rings. The van der Waals surface area contributed by atoms with Gasteiger partial charge in [-0.05, 0) is 62.7 Å². The van der Waals surface area contributed by atoms with E-state index in [4.69, 9.17) is 4.74 Å². The van der Waals surface area contributed by atoms with E-state index < -0.39 is 0 Å². The minimum absolute atomic E-state index is 0.158. The van der Waals surface area contributed by atoms with Gasteiger partial charge in [0, 0.05) is 22.9 Å². The molecule has 1 saturated heterocycles. The molecule has 3 fully saturated rings. The Balaban J connectivity index is 1.67. The normalized spacial score (nSPS) is 48.6. The first-order valence-corrected chi connectivity index (χ1v) is 10.1. The van der Waals surface area contributed by atoms with E-state index in [1.165, 1.54) is 18.5 Å². The van der Waals surface area contributed by atoms with E-state index in [-0.39, 0.29) is 16.7 Å². The van der Waals surface area contributed by atoms with Gasteiger partial charge < -0.3 is 10.1 Å². The Morgan fingerprint density at radius 1 is 1.36 bits per heavy atom. The van der Waals surface area contributed by atoms with Crippen LogP contribution in [0, 0.1) is 34.5 Å². The van der Waals surface area contributed by atoms with E-state index in [1.54, 1.807) is 0 Å². The van der Waals surface area contributed by atoms with Gasteiger partial charge in [-0.2, -0.15) is 0 Å². The van der Waals surface area contributed by atoms with Crippen molar-refractivity contribution in [2.24, 2.45) is 34.5 Å². The molecular weight excluding hydrogens is 310 g/mol. The van der Waals surface area contributed by atoms with Crippen molar-refractivity contribution in [3.05, 3.63) is 24.1 Å². The first kappa shape index (κ1) is 17.2. The Bertz CT molecular complexity index is 638. The molecule has 25 heavy (non-hydrogen) atoms. The van der Waals surface area contributed by atoms with Crippen LogP contribution in [0.1, 0.15) is 66.2 Å². The number of hydrogen-bond donors (Lipinski definition) is 1. The zero-order valence-corrected chi connectivity index (χ0v) is 16.2. The molecule has 7 atom stereocenters. The maximum Gasteiger partial charge on any atom is 0.224 e. The van der Waals surface area contributed by atoms with Crippen molar-refractivity contribution >= 4 is 5.91 Å². The average Bonchev–Trinajstić information content (AvgIpc) is 2.78. The minimum atomic E-state index is 0.158. The Kier molecular flexibility index (Phi) is 3.86. The van der Waals surface area contributed by atoms with E-state index in [1.807, 2.05) is 6.92 Å². The first-order valence-electron chi connectivity index (χ1n) is 10.1. The molecule has 1 amide bonds. The first-order chi connectivity index (χ1) is 11.8. The van der Waals surface area contributed by atoms with Crippen LogP contribution in [0.15, 0.2) is 24.1 Å². The van der Waals surface area contributed by atoms with Gasteiger partial charge in [0.15, 0.2) is 0 Å². The summed E-state index contributed by atoms with van der Waals surface area (Å²) in [5.74, 6) is 3.87. The highest BCUT2D eigenvalue weighted by Crippen LogP contribution is 2.65. The summed E-state index contributed by atoms with van der Waals surface area (Å²) < 4.78 is 6.21. The summed E-state index contributed by atoms with van der Waals surface area (Å²) >= 11 is 0. The number of nitrogens with one attached hydrogen (secondary N) is 1. The molecule has 0 radical (unpaired) electrons. The lowest BCUT2D eigenvalue weighted by atomic mass is 9.49. The molecule has 0 spiro atoms. The fourth-order valence-corrected chi connectivity index (χ4v) is 7.10. The molecular formula is C22H33NO2. The zero-order valence-electron chi connectivity index (χ0n) is 16.2. The lowest BCUT2D eigenvalue weighted by Crippen LogP contribution is -2.54. The predicted molar refractivity (Wildman–Crippen MR) is 99.5 cm³/mol. The summed E-state index contributed by atoms with van der Waals surface area (Å²) in [7, 11) is 0. The highest BCUT2D eigenvalue weighted by atomic mass is 16.5. The molecule has 1 aliphatic heterocycles. The summed E-state index contributed by atoms with van der Waals surface area (Å²) in [6.45, 7) is 13.3. The number of fused-ring (bicyclic) bond motifs is 5. The topological polar surface area (TPSA) is 38.3 Å². The maximum absolute atomic E-state index is 11.9. The summed E-state index contributed by atoms with van der Waals surface area (Å²) in [6.07, 6.45) is 9.11. The van der Waals surface area contributed by atoms with Crippen molar-refractivity contribution in [3.63, 3.8) is 0 Å². The van der Waals surface area contributed by atoms with Gasteiger partial charge in [0.25, 0.3) is 0 Å². The molecule has 4 aliphatic rings. The molecule has 2 saturated carbocycles.